The Hall–Kier alpha value is -0.723. The molecule has 526 valence electrons. The summed E-state index contributed by atoms with van der Waals surface area (Å²) in [5.41, 5.74) is 9.04. The second-order valence-corrected chi connectivity index (χ2v) is 65.0. The van der Waals surface area contributed by atoms with Gasteiger partial charge in [0.25, 0.3) is 0 Å². The summed E-state index contributed by atoms with van der Waals surface area (Å²) in [6.45, 7) is 17.6. The molecule has 0 aliphatic carbocycles. The van der Waals surface area contributed by atoms with Gasteiger partial charge >= 0.3 is 218 Å². The zero-order chi connectivity index (χ0) is 68.9. The van der Waals surface area contributed by atoms with Crippen LogP contribution in [0.2, 0.25) is 29.6 Å². The van der Waals surface area contributed by atoms with E-state index in [0.29, 0.717) is 0 Å². The first-order valence-corrected chi connectivity index (χ1v) is 62.5. The normalized spacial score (nSPS) is 13.0. The van der Waals surface area contributed by atoms with Gasteiger partial charge in [-0.3, -0.25) is 9.18 Å². The number of aryl methyl sites for hydroxylation is 6. The molecule has 0 amide bonds. The van der Waals surface area contributed by atoms with Crippen molar-refractivity contribution in [2.45, 2.75) is 289 Å². The van der Waals surface area contributed by atoms with Crippen molar-refractivity contribution >= 4 is 157 Å². The van der Waals surface area contributed by atoms with Crippen molar-refractivity contribution in [1.29, 1.82) is 0 Å². The molecular formula is C80H130BrFO3S6Sn2. The van der Waals surface area contributed by atoms with Gasteiger partial charge in [-0.1, -0.05) is 105 Å². The van der Waals surface area contributed by atoms with E-state index in [0.717, 1.165) is 44.0 Å². The van der Waals surface area contributed by atoms with Crippen molar-refractivity contribution in [2.24, 2.45) is 0 Å². The zero-order valence-electron chi connectivity index (χ0n) is 61.7. The maximum absolute atomic E-state index is 10.6. The molecule has 2 aliphatic heterocycles. The third-order valence-corrected chi connectivity index (χ3v) is 42.2. The van der Waals surface area contributed by atoms with Crippen LogP contribution in [0.25, 0.3) is 24.3 Å². The van der Waals surface area contributed by atoms with Crippen LogP contribution in [-0.4, -0.2) is 76.6 Å². The predicted molar refractivity (Wildman–Crippen MR) is 437 cm³/mol. The molecule has 8 rings (SSSR count). The molecule has 0 spiro atoms. The van der Waals surface area contributed by atoms with E-state index < -0.39 is 43.9 Å². The number of halogens is 2. The van der Waals surface area contributed by atoms with Crippen molar-refractivity contribution in [3.8, 4) is 0 Å². The Bertz CT molecular complexity index is 2630. The van der Waals surface area contributed by atoms with Gasteiger partial charge in [-0.25, -0.2) is 0 Å². The molecule has 0 atom stereocenters. The van der Waals surface area contributed by atoms with E-state index in [1.54, 1.807) is 49.3 Å². The van der Waals surface area contributed by atoms with Gasteiger partial charge < -0.3 is 9.47 Å². The SMILES string of the molecule is C1CCOC1.C1CCOC1.CCCCCCc1c[c]([Sn]([CH3])([CH3])[CH3])sc1/C=C/c1s[c]([Sn]([CH3])([CH3])[CH3])cc1CCCCCC.CCCCCCc1ccsc1/C=C/c1sccc1CCCCCC.CCCCCCc1ccsc1Br.CCCCCCc1ccsc1C=O.[2H]CF. The summed E-state index contributed by atoms with van der Waals surface area (Å²) < 4.78 is 30.2. The Morgan fingerprint density at radius 1 is 0.409 bits per heavy atom. The van der Waals surface area contributed by atoms with Crippen molar-refractivity contribution in [3.63, 3.8) is 0 Å². The van der Waals surface area contributed by atoms with Crippen LogP contribution in [0.3, 0.4) is 0 Å². The summed E-state index contributed by atoms with van der Waals surface area (Å²) in [5.74, 6) is 0. The van der Waals surface area contributed by atoms with E-state index in [2.05, 4.69) is 187 Å². The summed E-state index contributed by atoms with van der Waals surface area (Å²) in [5, 5.41) is 8.64. The van der Waals surface area contributed by atoms with Gasteiger partial charge in [0.1, 0.15) is 0 Å². The van der Waals surface area contributed by atoms with E-state index in [-0.39, 0.29) is 0 Å². The molecule has 0 aromatic carbocycles. The van der Waals surface area contributed by atoms with Crippen LogP contribution < -0.4 is 5.79 Å². The molecule has 0 N–H and O–H groups in total. The molecule has 0 radical (unpaired) electrons. The zero-order valence-corrected chi connectivity index (χ0v) is 72.9. The molecule has 0 bridgehead atoms. The molecule has 0 saturated carbocycles. The van der Waals surface area contributed by atoms with Crippen LogP contribution in [0.15, 0.2) is 61.7 Å². The van der Waals surface area contributed by atoms with Gasteiger partial charge in [-0.15, -0.1) is 45.3 Å². The van der Waals surface area contributed by atoms with E-state index in [4.69, 9.17) is 10.8 Å². The van der Waals surface area contributed by atoms with Gasteiger partial charge in [-0.05, 0) is 173 Å². The third-order valence-electron chi connectivity index (χ3n) is 16.5. The van der Waals surface area contributed by atoms with E-state index in [9.17, 15) is 9.18 Å². The van der Waals surface area contributed by atoms with Crippen LogP contribution in [0, 0.1) is 0 Å². The first-order valence-electron chi connectivity index (χ1n) is 37.2. The number of unbranched alkanes of at least 4 members (excludes halogenated alkanes) is 18. The molecular weight excluding hydrogens is 1540 g/mol. The van der Waals surface area contributed by atoms with Gasteiger partial charge in [0, 0.05) is 36.2 Å². The van der Waals surface area contributed by atoms with Crippen molar-refractivity contribution < 1.29 is 20.0 Å². The summed E-state index contributed by atoms with van der Waals surface area (Å²) in [4.78, 5) is 32.9. The van der Waals surface area contributed by atoms with Gasteiger partial charge in [-0.2, -0.15) is 0 Å². The van der Waals surface area contributed by atoms with Gasteiger partial charge in [0.2, 0.25) is 0 Å². The monoisotopic (exact) mass is 1670 g/mol. The Morgan fingerprint density at radius 3 is 0.946 bits per heavy atom. The maximum atomic E-state index is 10.6. The number of ether oxygens (including phenoxy) is 2. The second-order valence-electron chi connectivity index (χ2n) is 26.9. The number of thiophene rings is 6. The smallest absolute Gasteiger partial charge is 0.160 e. The summed E-state index contributed by atoms with van der Waals surface area (Å²) in [6, 6.07) is 14.1. The minimum absolute atomic E-state index is 0.913. The van der Waals surface area contributed by atoms with Crippen molar-refractivity contribution in [1.82, 2.24) is 0 Å². The number of carbonyl (C=O) groups is 1. The third kappa shape index (κ3) is 41.0. The number of hydrogen-bond acceptors (Lipinski definition) is 9. The summed E-state index contributed by atoms with van der Waals surface area (Å²) >= 11 is 10.8. The van der Waals surface area contributed by atoms with E-state index in [1.807, 2.05) is 28.1 Å². The van der Waals surface area contributed by atoms with Crippen molar-refractivity contribution in [3.05, 3.63) is 119 Å². The quantitative estimate of drug-likeness (QED) is 0.0222. The summed E-state index contributed by atoms with van der Waals surface area (Å²) in [6.07, 6.45) is 55.1. The molecule has 13 heteroatoms. The van der Waals surface area contributed by atoms with Crippen LogP contribution in [0.5, 0.6) is 0 Å². The first-order chi connectivity index (χ1) is 45.5. The number of aldehydes is 1. The number of hydrogen-bond donors (Lipinski definition) is 0. The van der Waals surface area contributed by atoms with Gasteiger partial charge in [0.15, 0.2) is 6.29 Å². The minimum Gasteiger partial charge on any atom is -0.297 e. The first kappa shape index (κ1) is 86.5. The number of carbonyl (C=O) groups excluding carboxylic acids is 1. The number of alkyl halides is 1. The fraction of sp³-hybridized carbons (Fsp3) is 0.637. The molecule has 6 aromatic heterocycles. The van der Waals surface area contributed by atoms with Gasteiger partial charge in [0.05, 0.1) is 17.2 Å². The van der Waals surface area contributed by atoms with Crippen LogP contribution in [0.4, 0.5) is 4.39 Å². The predicted octanol–water partition coefficient (Wildman–Crippen LogP) is 28.0. The van der Waals surface area contributed by atoms with E-state index in [1.165, 1.54) is 248 Å². The average molecular weight is 1670 g/mol. The Labute approximate surface area is 613 Å². The Balaban J connectivity index is 0.000000421. The molecule has 3 nitrogen and oxygen atoms in total. The topological polar surface area (TPSA) is 35.5 Å². The van der Waals surface area contributed by atoms with Crippen LogP contribution in [0.1, 0.15) is 285 Å². The van der Waals surface area contributed by atoms with Crippen LogP contribution in [-0.2, 0) is 48.0 Å². The largest absolute Gasteiger partial charge is 0.297 e. The van der Waals surface area contributed by atoms with E-state index >= 15 is 0 Å². The average Bonchev–Trinajstić information content (AvgIpc) is 1.69. The molecule has 93 heavy (non-hydrogen) atoms. The fourth-order valence-electron chi connectivity index (χ4n) is 10.6. The molecule has 2 saturated heterocycles. The Kier molecular flexibility index (Phi) is 53.0. The van der Waals surface area contributed by atoms with Crippen molar-refractivity contribution in [2.75, 3.05) is 33.6 Å². The molecule has 0 unspecified atom stereocenters. The standard InChI is InChI=1S/C22H32S2.C22H30S2.C11H16OS.C10H15BrS.2C4H8O.CH3F.6CH3.2Sn/c2*1-3-5-7-9-11-19-15-17-23-21(19)13-14-22-20(16-18-24-22)12-10-8-6-4-2;1-2-3-4-5-6-10-7-8-13-11(10)9-12;1-2-3-4-5-6-9-7-8-12-10(9)11;2*1-2-4-5-3-1;1-2;;;;;;;;/h13-18H,3-12H2,1-2H3;13-16H,3-12H2,1-2H3;7-9H,2-6H2,1H3;7-8H,2-6H2,1H3;2*1-4H2;1H3;6*1H3;;/b2*14-13+;;;;;;;;;;;;;/i;;;;;;1D;;;;;;;;. The van der Waals surface area contributed by atoms with Crippen LogP contribution >= 0.6 is 84.0 Å². The minimum atomic E-state index is -2.04. The molecule has 8 heterocycles. The molecule has 2 aliphatic rings. The fourth-order valence-corrected chi connectivity index (χ4v) is 27.3. The second kappa shape index (κ2) is 57.0. The summed E-state index contributed by atoms with van der Waals surface area (Å²) in [7, 11) is -1.00. The maximum Gasteiger partial charge on any atom is 0.160 e. The Morgan fingerprint density at radius 2 is 0.677 bits per heavy atom. The molecule has 2 fully saturated rings. The molecule has 6 aromatic rings. The number of rotatable bonds is 37.